The highest BCUT2D eigenvalue weighted by molar-refractivity contribution is 5.97. The summed E-state index contributed by atoms with van der Waals surface area (Å²) in [5, 5.41) is 14.5. The first kappa shape index (κ1) is 12.6. The molecule has 106 valence electrons. The van der Waals surface area contributed by atoms with E-state index >= 15 is 0 Å². The zero-order chi connectivity index (χ0) is 14.1. The molecule has 1 atom stereocenters. The fraction of sp³-hybridized carbons (Fsp3) is 0.500. The molecule has 1 unspecified atom stereocenters. The number of rotatable bonds is 2. The predicted octanol–water partition coefficient (Wildman–Crippen LogP) is 0.140. The minimum Gasteiger partial charge on any atom is -0.396 e. The van der Waals surface area contributed by atoms with Gasteiger partial charge in [-0.3, -0.25) is 9.89 Å². The first-order valence-corrected chi connectivity index (χ1v) is 6.59. The molecule has 1 fully saturated rings. The second kappa shape index (κ2) is 4.95. The zero-order valence-electron chi connectivity index (χ0n) is 11.3. The van der Waals surface area contributed by atoms with Crippen LogP contribution in [0.3, 0.4) is 0 Å². The van der Waals surface area contributed by atoms with Crippen molar-refractivity contribution in [2.75, 3.05) is 18.8 Å². The third kappa shape index (κ3) is 2.13. The van der Waals surface area contributed by atoms with Crippen molar-refractivity contribution in [3.63, 3.8) is 0 Å². The zero-order valence-corrected chi connectivity index (χ0v) is 11.3. The van der Waals surface area contributed by atoms with Gasteiger partial charge >= 0.3 is 0 Å². The van der Waals surface area contributed by atoms with Crippen molar-refractivity contribution in [2.24, 2.45) is 7.05 Å². The van der Waals surface area contributed by atoms with Gasteiger partial charge in [0.15, 0.2) is 0 Å². The van der Waals surface area contributed by atoms with Crippen LogP contribution in [0.4, 0.5) is 5.69 Å². The van der Waals surface area contributed by atoms with Gasteiger partial charge in [0.05, 0.1) is 11.9 Å². The lowest BCUT2D eigenvalue weighted by Gasteiger charge is -2.31. The molecule has 3 rings (SSSR count). The second-order valence-electron chi connectivity index (χ2n) is 5.09. The Morgan fingerprint density at radius 1 is 1.55 bits per heavy atom. The Balaban J connectivity index is 1.77. The SMILES string of the molecule is Cn1cnnc1C1CCCN(C(=O)c2[nH]ncc2N)C1. The van der Waals surface area contributed by atoms with E-state index in [1.165, 1.54) is 6.20 Å². The van der Waals surface area contributed by atoms with E-state index in [1.54, 1.807) is 11.2 Å². The van der Waals surface area contributed by atoms with Crippen LogP contribution in [0.1, 0.15) is 35.1 Å². The lowest BCUT2D eigenvalue weighted by Crippen LogP contribution is -2.40. The van der Waals surface area contributed by atoms with Gasteiger partial charge in [0, 0.05) is 26.1 Å². The van der Waals surface area contributed by atoms with Gasteiger partial charge in [-0.05, 0) is 12.8 Å². The molecule has 2 aromatic rings. The van der Waals surface area contributed by atoms with Crippen molar-refractivity contribution < 1.29 is 4.79 Å². The molecular weight excluding hydrogens is 258 g/mol. The van der Waals surface area contributed by atoms with Gasteiger partial charge in [-0.2, -0.15) is 5.10 Å². The van der Waals surface area contributed by atoms with Gasteiger partial charge in [-0.1, -0.05) is 0 Å². The smallest absolute Gasteiger partial charge is 0.274 e. The Hall–Kier alpha value is -2.38. The highest BCUT2D eigenvalue weighted by atomic mass is 16.2. The van der Waals surface area contributed by atoms with Crippen molar-refractivity contribution in [1.29, 1.82) is 0 Å². The summed E-state index contributed by atoms with van der Waals surface area (Å²) in [6.45, 7) is 1.36. The van der Waals surface area contributed by atoms with E-state index in [0.29, 0.717) is 17.9 Å². The van der Waals surface area contributed by atoms with Crippen molar-refractivity contribution in [3.05, 3.63) is 24.0 Å². The van der Waals surface area contributed by atoms with E-state index < -0.39 is 0 Å². The van der Waals surface area contributed by atoms with E-state index in [0.717, 1.165) is 25.2 Å². The molecule has 1 saturated heterocycles. The molecular formula is C12H17N7O. The molecule has 8 nitrogen and oxygen atoms in total. The Morgan fingerprint density at radius 2 is 2.40 bits per heavy atom. The maximum atomic E-state index is 12.4. The summed E-state index contributed by atoms with van der Waals surface area (Å²) >= 11 is 0. The standard InChI is InChI=1S/C12H17N7O/c1-18-7-15-17-11(18)8-3-2-4-19(6-8)12(20)10-9(13)5-14-16-10/h5,7-8H,2-4,6,13H2,1H3,(H,14,16). The van der Waals surface area contributed by atoms with Gasteiger partial charge in [0.2, 0.25) is 0 Å². The average Bonchev–Trinajstić information content (AvgIpc) is 3.07. The van der Waals surface area contributed by atoms with Crippen LogP contribution >= 0.6 is 0 Å². The second-order valence-corrected chi connectivity index (χ2v) is 5.09. The van der Waals surface area contributed by atoms with Crippen molar-refractivity contribution in [3.8, 4) is 0 Å². The van der Waals surface area contributed by atoms with Gasteiger partial charge in [-0.25, -0.2) is 0 Å². The number of likely N-dealkylation sites (tertiary alicyclic amines) is 1. The van der Waals surface area contributed by atoms with Gasteiger partial charge in [-0.15, -0.1) is 10.2 Å². The van der Waals surface area contributed by atoms with Gasteiger partial charge < -0.3 is 15.2 Å². The number of carbonyl (C=O) groups excluding carboxylic acids is 1. The minimum absolute atomic E-state index is 0.105. The normalized spacial score (nSPS) is 19.2. The first-order chi connectivity index (χ1) is 9.66. The lowest BCUT2D eigenvalue weighted by atomic mass is 9.97. The van der Waals surface area contributed by atoms with Crippen LogP contribution in [-0.2, 0) is 7.05 Å². The molecule has 2 aromatic heterocycles. The number of piperidine rings is 1. The molecule has 0 saturated carbocycles. The number of aromatic nitrogens is 5. The number of hydrogen-bond acceptors (Lipinski definition) is 5. The largest absolute Gasteiger partial charge is 0.396 e. The molecule has 3 N–H and O–H groups in total. The summed E-state index contributed by atoms with van der Waals surface area (Å²) in [6, 6.07) is 0. The Bertz CT molecular complexity index is 617. The molecule has 1 amide bonds. The summed E-state index contributed by atoms with van der Waals surface area (Å²) in [5.74, 6) is 1.02. The number of carbonyl (C=O) groups is 1. The quantitative estimate of drug-likeness (QED) is 0.811. The summed E-state index contributed by atoms with van der Waals surface area (Å²) in [5.41, 5.74) is 6.48. The lowest BCUT2D eigenvalue weighted by molar-refractivity contribution is 0.0698. The number of nitrogens with zero attached hydrogens (tertiary/aromatic N) is 5. The number of nitrogens with one attached hydrogen (secondary N) is 1. The molecule has 20 heavy (non-hydrogen) atoms. The number of anilines is 1. The topological polar surface area (TPSA) is 106 Å². The maximum absolute atomic E-state index is 12.4. The first-order valence-electron chi connectivity index (χ1n) is 6.59. The van der Waals surface area contributed by atoms with Crippen LogP contribution < -0.4 is 5.73 Å². The van der Waals surface area contributed by atoms with E-state index in [1.807, 2.05) is 11.6 Å². The van der Waals surface area contributed by atoms with Crippen molar-refractivity contribution in [2.45, 2.75) is 18.8 Å². The number of aromatic amines is 1. The van der Waals surface area contributed by atoms with Crippen molar-refractivity contribution in [1.82, 2.24) is 29.9 Å². The number of amides is 1. The van der Waals surface area contributed by atoms with Crippen LogP contribution in [0.25, 0.3) is 0 Å². The Kier molecular flexibility index (Phi) is 3.13. The predicted molar refractivity (Wildman–Crippen MR) is 71.9 cm³/mol. The van der Waals surface area contributed by atoms with Crippen molar-refractivity contribution >= 4 is 11.6 Å². The number of nitrogen functional groups attached to an aromatic ring is 1. The molecule has 3 heterocycles. The van der Waals surface area contributed by atoms with Crippen LogP contribution in [0.2, 0.25) is 0 Å². The monoisotopic (exact) mass is 275 g/mol. The van der Waals surface area contributed by atoms with E-state index in [4.69, 9.17) is 5.73 Å². The molecule has 0 spiro atoms. The van der Waals surface area contributed by atoms with Gasteiger partial charge in [0.1, 0.15) is 17.8 Å². The van der Waals surface area contributed by atoms with E-state index in [-0.39, 0.29) is 11.8 Å². The Labute approximate surface area is 116 Å². The highest BCUT2D eigenvalue weighted by Gasteiger charge is 2.29. The average molecular weight is 275 g/mol. The van der Waals surface area contributed by atoms with E-state index in [2.05, 4.69) is 20.4 Å². The fourth-order valence-electron chi connectivity index (χ4n) is 2.66. The molecule has 0 aromatic carbocycles. The minimum atomic E-state index is -0.105. The number of hydrogen-bond donors (Lipinski definition) is 2. The fourth-order valence-corrected chi connectivity index (χ4v) is 2.66. The Morgan fingerprint density at radius 3 is 3.05 bits per heavy atom. The number of H-pyrrole nitrogens is 1. The summed E-state index contributed by atoms with van der Waals surface area (Å²) in [7, 11) is 1.92. The highest BCUT2D eigenvalue weighted by Crippen LogP contribution is 2.26. The molecule has 0 radical (unpaired) electrons. The summed E-state index contributed by atoms with van der Waals surface area (Å²) < 4.78 is 1.91. The molecule has 1 aliphatic rings. The summed E-state index contributed by atoms with van der Waals surface area (Å²) in [4.78, 5) is 14.2. The van der Waals surface area contributed by atoms with Crippen LogP contribution in [0, 0.1) is 0 Å². The third-order valence-corrected chi connectivity index (χ3v) is 3.70. The third-order valence-electron chi connectivity index (χ3n) is 3.70. The molecule has 8 heteroatoms. The van der Waals surface area contributed by atoms with Crippen LogP contribution in [0.5, 0.6) is 0 Å². The molecule has 0 bridgehead atoms. The maximum Gasteiger partial charge on any atom is 0.274 e. The van der Waals surface area contributed by atoms with Crippen LogP contribution in [0.15, 0.2) is 12.5 Å². The van der Waals surface area contributed by atoms with Crippen LogP contribution in [-0.4, -0.2) is 48.9 Å². The summed E-state index contributed by atoms with van der Waals surface area (Å²) in [6.07, 6.45) is 5.09. The molecule has 1 aliphatic heterocycles. The number of nitrogens with two attached hydrogens (primary N) is 1. The van der Waals surface area contributed by atoms with Gasteiger partial charge in [0.25, 0.3) is 5.91 Å². The molecule has 0 aliphatic carbocycles. The van der Waals surface area contributed by atoms with E-state index in [9.17, 15) is 4.79 Å². The number of aryl methyl sites for hydroxylation is 1.